The first-order valence-corrected chi connectivity index (χ1v) is 11.3. The summed E-state index contributed by atoms with van der Waals surface area (Å²) in [7, 11) is 3.13. The second-order valence-electron chi connectivity index (χ2n) is 9.07. The van der Waals surface area contributed by atoms with Crippen molar-refractivity contribution in [3.8, 4) is 11.5 Å². The number of hydrogen-bond donors (Lipinski definition) is 1. The summed E-state index contributed by atoms with van der Waals surface area (Å²) in [6.07, 6.45) is 1.04. The maximum absolute atomic E-state index is 13.5. The summed E-state index contributed by atoms with van der Waals surface area (Å²) in [5, 5.41) is 0. The molecular weight excluding hydrogens is 424 g/mol. The molecule has 0 radical (unpaired) electrons. The van der Waals surface area contributed by atoms with Gasteiger partial charge >= 0.3 is 5.97 Å². The molecule has 0 amide bonds. The highest BCUT2D eigenvalue weighted by Crippen LogP contribution is 2.49. The van der Waals surface area contributed by atoms with Crippen LogP contribution in [0.15, 0.2) is 34.5 Å². The number of nitrogens with two attached hydrogens (primary N) is 1. The predicted molar refractivity (Wildman–Crippen MR) is 125 cm³/mol. The first-order valence-electron chi connectivity index (χ1n) is 11.3. The molecule has 180 valence electrons. The number of carbonyl (C=O) groups is 2. The molecule has 2 aliphatic rings. The van der Waals surface area contributed by atoms with Crippen LogP contribution in [0, 0.1) is 11.3 Å². The lowest BCUT2D eigenvalue weighted by atomic mass is 9.63. The second-order valence-corrected chi connectivity index (χ2v) is 9.07. The van der Waals surface area contributed by atoms with Crippen LogP contribution in [0.3, 0.4) is 0 Å². The van der Waals surface area contributed by atoms with Crippen molar-refractivity contribution in [3.05, 3.63) is 35.0 Å². The molecule has 8 heteroatoms. The van der Waals surface area contributed by atoms with Gasteiger partial charge in [0.1, 0.15) is 17.3 Å². The quantitative estimate of drug-likeness (QED) is 0.447. The number of aliphatic imine (C=N–C) groups is 1. The molecule has 1 saturated carbocycles. The molecule has 1 aliphatic heterocycles. The van der Waals surface area contributed by atoms with Gasteiger partial charge in [-0.05, 0) is 37.0 Å². The summed E-state index contributed by atoms with van der Waals surface area (Å²) in [6, 6.07) is 5.38. The van der Waals surface area contributed by atoms with Crippen molar-refractivity contribution in [2.45, 2.75) is 39.5 Å². The van der Waals surface area contributed by atoms with Crippen LogP contribution in [-0.2, 0) is 19.1 Å². The molecule has 1 aromatic carbocycles. The Kier molecular flexibility index (Phi) is 7.92. The SMILES string of the molecule is CCOC(=O)C1=C(COCCN)N=C2CC(C)(C)CC(=O)C2C1c1cc(OC)ccc1OC. The highest BCUT2D eigenvalue weighted by molar-refractivity contribution is 6.12. The molecule has 8 nitrogen and oxygen atoms in total. The van der Waals surface area contributed by atoms with E-state index in [1.807, 2.05) is 6.07 Å². The Balaban J connectivity index is 2.26. The number of nitrogens with zero attached hydrogens (tertiary/aromatic N) is 1. The first kappa shape index (κ1) is 24.9. The Bertz CT molecular complexity index is 966. The van der Waals surface area contributed by atoms with E-state index in [0.717, 1.165) is 5.71 Å². The number of ketones is 1. The number of esters is 1. The third kappa shape index (κ3) is 5.28. The Hall–Kier alpha value is -2.71. The van der Waals surface area contributed by atoms with Gasteiger partial charge in [0.25, 0.3) is 0 Å². The lowest BCUT2D eigenvalue weighted by Crippen LogP contribution is -2.44. The summed E-state index contributed by atoms with van der Waals surface area (Å²) < 4.78 is 22.2. The summed E-state index contributed by atoms with van der Waals surface area (Å²) in [6.45, 7) is 6.82. The van der Waals surface area contributed by atoms with E-state index in [-0.39, 0.29) is 24.4 Å². The minimum atomic E-state index is -0.623. The third-order valence-electron chi connectivity index (χ3n) is 6.02. The molecule has 2 N–H and O–H groups in total. The summed E-state index contributed by atoms with van der Waals surface area (Å²) in [4.78, 5) is 31.6. The maximum Gasteiger partial charge on any atom is 0.336 e. The van der Waals surface area contributed by atoms with E-state index in [1.54, 1.807) is 33.3 Å². The third-order valence-corrected chi connectivity index (χ3v) is 6.02. The van der Waals surface area contributed by atoms with Crippen LogP contribution in [-0.4, -0.2) is 58.0 Å². The fraction of sp³-hybridized carbons (Fsp3) is 0.560. The van der Waals surface area contributed by atoms with Gasteiger partial charge in [0.15, 0.2) is 0 Å². The van der Waals surface area contributed by atoms with Gasteiger partial charge in [-0.25, -0.2) is 4.79 Å². The highest BCUT2D eigenvalue weighted by atomic mass is 16.5. The zero-order chi connectivity index (χ0) is 24.2. The van der Waals surface area contributed by atoms with Gasteiger partial charge in [0.2, 0.25) is 0 Å². The van der Waals surface area contributed by atoms with E-state index in [9.17, 15) is 9.59 Å². The van der Waals surface area contributed by atoms with Crippen LogP contribution in [0.5, 0.6) is 11.5 Å². The summed E-state index contributed by atoms with van der Waals surface area (Å²) in [5.74, 6) is -0.521. The smallest absolute Gasteiger partial charge is 0.336 e. The maximum atomic E-state index is 13.5. The van der Waals surface area contributed by atoms with Gasteiger partial charge in [-0.2, -0.15) is 0 Å². The summed E-state index contributed by atoms with van der Waals surface area (Å²) in [5.41, 5.74) is 7.59. The molecule has 0 saturated heterocycles. The minimum absolute atomic E-state index is 0.0450. The van der Waals surface area contributed by atoms with Crippen LogP contribution in [0.1, 0.15) is 45.1 Å². The summed E-state index contributed by atoms with van der Waals surface area (Å²) >= 11 is 0. The molecule has 0 aromatic heterocycles. The number of hydrogen-bond acceptors (Lipinski definition) is 8. The molecule has 1 fully saturated rings. The molecule has 2 atom stereocenters. The molecule has 1 aliphatic carbocycles. The van der Waals surface area contributed by atoms with E-state index in [1.165, 1.54) is 0 Å². The number of methoxy groups -OCH3 is 2. The van der Waals surface area contributed by atoms with Crippen molar-refractivity contribution in [3.63, 3.8) is 0 Å². The lowest BCUT2D eigenvalue weighted by Gasteiger charge is -2.41. The topological polar surface area (TPSA) is 109 Å². The number of rotatable bonds is 9. The Labute approximate surface area is 195 Å². The van der Waals surface area contributed by atoms with Gasteiger partial charge in [-0.1, -0.05) is 13.8 Å². The van der Waals surface area contributed by atoms with Crippen LogP contribution in [0.2, 0.25) is 0 Å². The van der Waals surface area contributed by atoms with E-state index in [0.29, 0.717) is 54.3 Å². The normalized spacial score (nSPS) is 21.9. The number of carbonyl (C=O) groups excluding carboxylic acids is 2. The van der Waals surface area contributed by atoms with Crippen molar-refractivity contribution in [1.82, 2.24) is 0 Å². The fourth-order valence-corrected chi connectivity index (χ4v) is 4.73. The van der Waals surface area contributed by atoms with Gasteiger partial charge in [0.05, 0.1) is 51.2 Å². The van der Waals surface area contributed by atoms with Crippen molar-refractivity contribution in [2.24, 2.45) is 22.1 Å². The fourth-order valence-electron chi connectivity index (χ4n) is 4.73. The number of ether oxygens (including phenoxy) is 4. The number of benzene rings is 1. The molecule has 3 rings (SSSR count). The largest absolute Gasteiger partial charge is 0.497 e. The van der Waals surface area contributed by atoms with E-state index >= 15 is 0 Å². The average Bonchev–Trinajstić information content (AvgIpc) is 2.77. The van der Waals surface area contributed by atoms with Crippen LogP contribution < -0.4 is 15.2 Å². The van der Waals surface area contributed by atoms with Crippen molar-refractivity contribution < 1.29 is 28.5 Å². The average molecular weight is 459 g/mol. The Morgan fingerprint density at radius 1 is 1.18 bits per heavy atom. The van der Waals surface area contributed by atoms with Crippen LogP contribution in [0.25, 0.3) is 0 Å². The van der Waals surface area contributed by atoms with Crippen molar-refractivity contribution in [2.75, 3.05) is 40.6 Å². The number of fused-ring (bicyclic) bond motifs is 1. The molecule has 2 unspecified atom stereocenters. The Morgan fingerprint density at radius 3 is 2.58 bits per heavy atom. The molecule has 1 aromatic rings. The standard InChI is InChI=1S/C25H34N2O6/c1-6-33-24(29)23-18(14-32-10-9-26)27-17-12-25(2,3)13-19(28)22(17)21(23)16-11-15(30-4)7-8-20(16)31-5/h7-8,11,21-22H,6,9-10,12-14,26H2,1-5H3. The minimum Gasteiger partial charge on any atom is -0.497 e. The van der Waals surface area contributed by atoms with Gasteiger partial charge < -0.3 is 24.7 Å². The van der Waals surface area contributed by atoms with Gasteiger partial charge in [-0.3, -0.25) is 9.79 Å². The van der Waals surface area contributed by atoms with Gasteiger partial charge in [-0.15, -0.1) is 0 Å². The molecule has 0 bridgehead atoms. The zero-order valence-corrected chi connectivity index (χ0v) is 20.1. The van der Waals surface area contributed by atoms with E-state index < -0.39 is 17.8 Å². The molecular formula is C25H34N2O6. The van der Waals surface area contributed by atoms with Crippen LogP contribution in [0.4, 0.5) is 0 Å². The van der Waals surface area contributed by atoms with Crippen molar-refractivity contribution >= 4 is 17.5 Å². The lowest BCUT2D eigenvalue weighted by molar-refractivity contribution is -0.139. The monoisotopic (exact) mass is 458 g/mol. The van der Waals surface area contributed by atoms with Crippen molar-refractivity contribution in [1.29, 1.82) is 0 Å². The van der Waals surface area contributed by atoms with E-state index in [4.69, 9.17) is 29.7 Å². The molecule has 0 spiro atoms. The van der Waals surface area contributed by atoms with Crippen LogP contribution >= 0.6 is 0 Å². The molecule has 1 heterocycles. The van der Waals surface area contributed by atoms with E-state index in [2.05, 4.69) is 13.8 Å². The second kappa shape index (κ2) is 10.5. The zero-order valence-electron chi connectivity index (χ0n) is 20.1. The predicted octanol–water partition coefficient (Wildman–Crippen LogP) is 3.04. The number of Topliss-reactive ketones (excluding diaryl/α,β-unsaturated/α-hetero) is 1. The Morgan fingerprint density at radius 2 is 1.94 bits per heavy atom. The molecule has 33 heavy (non-hydrogen) atoms. The van der Waals surface area contributed by atoms with Gasteiger partial charge in [0, 0.05) is 30.2 Å². The highest BCUT2D eigenvalue weighted by Gasteiger charge is 2.49. The first-order chi connectivity index (χ1) is 15.8.